The average molecular weight is 443 g/mol. The Balaban J connectivity index is 1.44. The molecular weight excluding hydrogens is 412 g/mol. The third-order valence-corrected chi connectivity index (χ3v) is 6.59. The average Bonchev–Trinajstić information content (AvgIpc) is 2.90. The van der Waals surface area contributed by atoms with Gasteiger partial charge in [0.2, 0.25) is 0 Å². The highest BCUT2D eigenvalue weighted by Crippen LogP contribution is 2.32. The van der Waals surface area contributed by atoms with Crippen LogP contribution in [-0.4, -0.2) is 11.5 Å². The normalized spacial score (nSPS) is 23.7. The van der Waals surface area contributed by atoms with E-state index >= 15 is 0 Å². The van der Waals surface area contributed by atoms with Crippen LogP contribution in [0.3, 0.4) is 0 Å². The van der Waals surface area contributed by atoms with Gasteiger partial charge in [-0.1, -0.05) is 97.1 Å². The molecule has 2 aliphatic rings. The summed E-state index contributed by atoms with van der Waals surface area (Å²) in [6, 6.07) is 29.8. The van der Waals surface area contributed by atoms with Crippen molar-refractivity contribution in [3.63, 3.8) is 0 Å². The van der Waals surface area contributed by atoms with Gasteiger partial charge >= 0.3 is 0 Å². The Bertz CT molecular complexity index is 1320. The Morgan fingerprint density at radius 2 is 1.35 bits per heavy atom. The molecule has 0 bridgehead atoms. The Morgan fingerprint density at radius 3 is 2.12 bits per heavy atom. The molecule has 1 unspecified atom stereocenters. The van der Waals surface area contributed by atoms with Crippen LogP contribution in [0.15, 0.2) is 119 Å². The van der Waals surface area contributed by atoms with Crippen molar-refractivity contribution in [1.29, 1.82) is 0 Å². The largest absolute Gasteiger partial charge is 0.242 e. The lowest BCUT2D eigenvalue weighted by Crippen LogP contribution is -2.17. The molecule has 1 aliphatic heterocycles. The number of nitrogens with zero attached hydrogens (tertiary/aromatic N) is 2. The number of amidine groups is 1. The van der Waals surface area contributed by atoms with Crippen molar-refractivity contribution < 1.29 is 0 Å². The molecule has 1 aliphatic carbocycles. The summed E-state index contributed by atoms with van der Waals surface area (Å²) < 4.78 is 0. The van der Waals surface area contributed by atoms with E-state index in [4.69, 9.17) is 9.98 Å². The summed E-state index contributed by atoms with van der Waals surface area (Å²) in [6.45, 7) is 4.25. The Kier molecular flexibility index (Phi) is 6.49. The standard InChI is InChI=1S/C32H30N2/c1-23-19-20-31(29-17-9-15-27(21-29)25-11-5-3-6-12-25)33-24(2)34-32(23)30-18-10-16-28(22-30)26-13-7-4-8-14-26/h3-16,18,21-22,29H,17,19-20H2,1-2H3/b32-23-,33-31+,34-24-. The van der Waals surface area contributed by atoms with E-state index in [1.165, 1.54) is 33.5 Å². The first-order valence-corrected chi connectivity index (χ1v) is 12.1. The first-order valence-electron chi connectivity index (χ1n) is 12.1. The maximum atomic E-state index is 5.03. The monoisotopic (exact) mass is 442 g/mol. The minimum atomic E-state index is 0.320. The first kappa shape index (κ1) is 22.0. The second kappa shape index (κ2) is 10.0. The summed E-state index contributed by atoms with van der Waals surface area (Å²) >= 11 is 0. The molecule has 0 saturated carbocycles. The number of benzene rings is 3. The Morgan fingerprint density at radius 1 is 0.676 bits per heavy atom. The molecule has 0 spiro atoms. The van der Waals surface area contributed by atoms with Gasteiger partial charge in [-0.15, -0.1) is 0 Å². The van der Waals surface area contributed by atoms with Gasteiger partial charge < -0.3 is 0 Å². The van der Waals surface area contributed by atoms with Crippen LogP contribution in [0.1, 0.15) is 44.2 Å². The minimum absolute atomic E-state index is 0.320. The van der Waals surface area contributed by atoms with Gasteiger partial charge in [0.15, 0.2) is 0 Å². The third-order valence-electron chi connectivity index (χ3n) is 6.59. The Hall–Kier alpha value is -3.78. The summed E-state index contributed by atoms with van der Waals surface area (Å²) in [6.07, 6.45) is 9.82. The van der Waals surface area contributed by atoms with Gasteiger partial charge in [-0.05, 0) is 67.0 Å². The van der Waals surface area contributed by atoms with Crippen LogP contribution < -0.4 is 0 Å². The predicted octanol–water partition coefficient (Wildman–Crippen LogP) is 8.40. The fourth-order valence-corrected chi connectivity index (χ4v) is 4.77. The van der Waals surface area contributed by atoms with Gasteiger partial charge in [-0.3, -0.25) is 0 Å². The van der Waals surface area contributed by atoms with Crippen molar-refractivity contribution in [3.8, 4) is 11.1 Å². The van der Waals surface area contributed by atoms with Crippen LogP contribution >= 0.6 is 0 Å². The van der Waals surface area contributed by atoms with Crippen LogP contribution in [0.4, 0.5) is 0 Å². The molecule has 2 heteroatoms. The van der Waals surface area contributed by atoms with E-state index in [1.54, 1.807) is 0 Å². The van der Waals surface area contributed by atoms with Crippen molar-refractivity contribution in [2.24, 2.45) is 15.9 Å². The van der Waals surface area contributed by atoms with Gasteiger partial charge in [0.25, 0.3) is 0 Å². The molecule has 0 N–H and O–H groups in total. The van der Waals surface area contributed by atoms with Crippen LogP contribution in [0, 0.1) is 5.92 Å². The summed E-state index contributed by atoms with van der Waals surface area (Å²) in [5.74, 6) is 1.15. The number of aliphatic imine (C=N–C) groups is 2. The molecule has 2 nitrogen and oxygen atoms in total. The molecule has 0 aromatic heterocycles. The van der Waals surface area contributed by atoms with Crippen LogP contribution in [0.2, 0.25) is 0 Å². The van der Waals surface area contributed by atoms with E-state index in [0.717, 1.165) is 36.4 Å². The minimum Gasteiger partial charge on any atom is -0.242 e. The lowest BCUT2D eigenvalue weighted by molar-refractivity contribution is 0.829. The van der Waals surface area contributed by atoms with E-state index in [0.29, 0.717) is 5.92 Å². The molecule has 5 rings (SSSR count). The number of rotatable bonds is 4. The van der Waals surface area contributed by atoms with Crippen LogP contribution in [-0.2, 0) is 0 Å². The van der Waals surface area contributed by atoms with Crippen LogP contribution in [0.5, 0.6) is 0 Å². The van der Waals surface area contributed by atoms with Crippen molar-refractivity contribution in [1.82, 2.24) is 0 Å². The zero-order valence-corrected chi connectivity index (χ0v) is 19.9. The third kappa shape index (κ3) is 4.92. The van der Waals surface area contributed by atoms with E-state index in [9.17, 15) is 0 Å². The molecule has 0 amide bonds. The van der Waals surface area contributed by atoms with E-state index in [1.807, 2.05) is 6.92 Å². The lowest BCUT2D eigenvalue weighted by Gasteiger charge is -2.22. The maximum Gasteiger partial charge on any atom is 0.125 e. The van der Waals surface area contributed by atoms with Gasteiger partial charge in [-0.2, -0.15) is 0 Å². The highest BCUT2D eigenvalue weighted by Gasteiger charge is 2.19. The van der Waals surface area contributed by atoms with Crippen LogP contribution in [0.25, 0.3) is 22.4 Å². The smallest absolute Gasteiger partial charge is 0.125 e. The van der Waals surface area contributed by atoms with Gasteiger partial charge in [0.1, 0.15) is 5.84 Å². The predicted molar refractivity (Wildman–Crippen MR) is 146 cm³/mol. The topological polar surface area (TPSA) is 24.7 Å². The zero-order valence-electron chi connectivity index (χ0n) is 19.9. The van der Waals surface area contributed by atoms with E-state index in [2.05, 4.69) is 110 Å². The SMILES string of the molecule is CC1=N/C(c2cccc(-c3ccccc3)c2)=C(/C)CC/C(C2C=C(c3ccccc3)C=CC2)=N\1. The number of hydrogen-bond donors (Lipinski definition) is 0. The van der Waals surface area contributed by atoms with E-state index in [-0.39, 0.29) is 0 Å². The molecule has 1 heterocycles. The van der Waals surface area contributed by atoms with Gasteiger partial charge in [0, 0.05) is 17.2 Å². The van der Waals surface area contributed by atoms with Gasteiger partial charge in [-0.25, -0.2) is 9.98 Å². The van der Waals surface area contributed by atoms with Gasteiger partial charge in [0.05, 0.1) is 5.70 Å². The highest BCUT2D eigenvalue weighted by atomic mass is 14.9. The van der Waals surface area contributed by atoms with Crippen molar-refractivity contribution in [3.05, 3.63) is 120 Å². The lowest BCUT2D eigenvalue weighted by atomic mass is 9.86. The van der Waals surface area contributed by atoms with E-state index < -0.39 is 0 Å². The highest BCUT2D eigenvalue weighted by molar-refractivity contribution is 6.02. The fraction of sp³-hybridized carbons (Fsp3) is 0.188. The molecule has 0 fully saturated rings. The molecule has 34 heavy (non-hydrogen) atoms. The molecule has 168 valence electrons. The zero-order chi connectivity index (χ0) is 23.3. The number of hydrogen-bond acceptors (Lipinski definition) is 2. The summed E-state index contributed by atoms with van der Waals surface area (Å²) in [5.41, 5.74) is 9.74. The first-order chi connectivity index (χ1) is 16.7. The molecule has 3 aromatic rings. The van der Waals surface area contributed by atoms with Crippen molar-refractivity contribution in [2.45, 2.75) is 33.1 Å². The van der Waals surface area contributed by atoms with Crippen molar-refractivity contribution in [2.75, 3.05) is 0 Å². The Labute approximate surface area is 202 Å². The van der Waals surface area contributed by atoms with Crippen molar-refractivity contribution >= 4 is 22.8 Å². The summed E-state index contributed by atoms with van der Waals surface area (Å²) in [5, 5.41) is 0. The second-order valence-corrected chi connectivity index (χ2v) is 9.07. The summed E-state index contributed by atoms with van der Waals surface area (Å²) in [4.78, 5) is 10.0. The quantitative estimate of drug-likeness (QED) is 0.387. The molecule has 1 atom stereocenters. The fourth-order valence-electron chi connectivity index (χ4n) is 4.77. The molecule has 0 radical (unpaired) electrons. The summed E-state index contributed by atoms with van der Waals surface area (Å²) in [7, 11) is 0. The molecule has 3 aromatic carbocycles. The number of allylic oxidation sites excluding steroid dienone is 5. The second-order valence-electron chi connectivity index (χ2n) is 9.07. The molecule has 0 saturated heterocycles. The molecular formula is C32H30N2. The maximum absolute atomic E-state index is 5.03.